The quantitative estimate of drug-likeness (QED) is 0.750. The number of hydrogen-bond acceptors (Lipinski definition) is 3. The molecule has 7 heteroatoms. The number of hydrogen-bond donors (Lipinski definition) is 3. The zero-order valence-electron chi connectivity index (χ0n) is 14.8. The molecule has 3 rings (SSSR count). The first-order valence-corrected chi connectivity index (χ1v) is 9.70. The van der Waals surface area contributed by atoms with Gasteiger partial charge in [0.2, 0.25) is 0 Å². The van der Waals surface area contributed by atoms with Crippen LogP contribution in [0.2, 0.25) is 5.02 Å². The Morgan fingerprint density at radius 2 is 1.73 bits per heavy atom. The van der Waals surface area contributed by atoms with E-state index in [9.17, 15) is 9.59 Å². The first kappa shape index (κ1) is 18.8. The number of carboxylic acids is 1. The fourth-order valence-corrected chi connectivity index (χ4v) is 4.17. The average Bonchev–Trinajstić information content (AvgIpc) is 2.62. The number of carbonyl (C=O) groups excluding carboxylic acids is 1. The molecule has 1 aliphatic carbocycles. The normalized spacial score (nSPS) is 26.2. The predicted octanol–water partition coefficient (Wildman–Crippen LogP) is 3.25. The van der Waals surface area contributed by atoms with Gasteiger partial charge in [0.05, 0.1) is 16.6 Å². The van der Waals surface area contributed by atoms with Gasteiger partial charge in [-0.1, -0.05) is 23.7 Å². The summed E-state index contributed by atoms with van der Waals surface area (Å²) in [6.07, 6.45) is 4.65. The first-order chi connectivity index (χ1) is 12.5. The van der Waals surface area contributed by atoms with Crippen LogP contribution in [0.5, 0.6) is 0 Å². The van der Waals surface area contributed by atoms with Crippen molar-refractivity contribution in [1.82, 2.24) is 10.6 Å². The minimum Gasteiger partial charge on any atom is -0.481 e. The number of rotatable bonds is 4. The van der Waals surface area contributed by atoms with E-state index in [0.717, 1.165) is 49.5 Å². The molecule has 1 heterocycles. The van der Waals surface area contributed by atoms with Crippen molar-refractivity contribution in [2.24, 2.45) is 5.92 Å². The van der Waals surface area contributed by atoms with Crippen molar-refractivity contribution >= 4 is 29.3 Å². The Bertz CT molecular complexity index is 647. The summed E-state index contributed by atoms with van der Waals surface area (Å²) in [5.74, 6) is -0.992. The highest BCUT2D eigenvalue weighted by Crippen LogP contribution is 2.28. The highest BCUT2D eigenvalue weighted by molar-refractivity contribution is 6.33. The second-order valence-corrected chi connectivity index (χ2v) is 7.65. The number of carbonyl (C=O) groups is 2. The first-order valence-electron chi connectivity index (χ1n) is 9.32. The maximum absolute atomic E-state index is 12.3. The molecule has 142 valence electrons. The molecule has 0 bridgehead atoms. The van der Waals surface area contributed by atoms with E-state index in [1.807, 2.05) is 24.3 Å². The number of halogens is 1. The molecule has 0 radical (unpaired) electrons. The summed E-state index contributed by atoms with van der Waals surface area (Å²) in [6, 6.07) is 7.76. The maximum atomic E-state index is 12.3. The van der Waals surface area contributed by atoms with Crippen LogP contribution in [-0.2, 0) is 4.79 Å². The SMILES string of the molecule is O=C(NC1CCC(C(=O)O)CC1)NC1CCCN(c2ccccc2Cl)C1. The van der Waals surface area contributed by atoms with Crippen molar-refractivity contribution in [2.75, 3.05) is 18.0 Å². The Labute approximate surface area is 158 Å². The van der Waals surface area contributed by atoms with Gasteiger partial charge < -0.3 is 20.6 Å². The van der Waals surface area contributed by atoms with Crippen LogP contribution in [0, 0.1) is 5.92 Å². The standard InChI is InChI=1S/C19H26ClN3O3/c20-16-5-1-2-6-17(16)23-11-3-4-15(12-23)22-19(26)21-14-9-7-13(8-10-14)18(24)25/h1-2,5-6,13-15H,3-4,7-12H2,(H,24,25)(H2,21,22,26). The molecule has 2 amide bonds. The van der Waals surface area contributed by atoms with E-state index < -0.39 is 5.97 Å². The zero-order valence-corrected chi connectivity index (χ0v) is 15.5. The Hall–Kier alpha value is -1.95. The third kappa shape index (κ3) is 4.81. The van der Waals surface area contributed by atoms with Gasteiger partial charge in [-0.3, -0.25) is 4.79 Å². The molecular weight excluding hydrogens is 354 g/mol. The van der Waals surface area contributed by atoms with Gasteiger partial charge in [-0.05, 0) is 50.7 Å². The molecule has 1 aromatic carbocycles. The van der Waals surface area contributed by atoms with Crippen LogP contribution in [0.15, 0.2) is 24.3 Å². The second kappa shape index (κ2) is 8.62. The highest BCUT2D eigenvalue weighted by atomic mass is 35.5. The van der Waals surface area contributed by atoms with Crippen molar-refractivity contribution in [1.29, 1.82) is 0 Å². The van der Waals surface area contributed by atoms with Gasteiger partial charge in [0.15, 0.2) is 0 Å². The van der Waals surface area contributed by atoms with Crippen molar-refractivity contribution in [3.63, 3.8) is 0 Å². The molecule has 1 saturated carbocycles. The number of piperidine rings is 1. The largest absolute Gasteiger partial charge is 0.481 e. The van der Waals surface area contributed by atoms with E-state index in [1.54, 1.807) is 0 Å². The van der Waals surface area contributed by atoms with E-state index in [4.69, 9.17) is 16.7 Å². The van der Waals surface area contributed by atoms with E-state index in [2.05, 4.69) is 15.5 Å². The zero-order chi connectivity index (χ0) is 18.5. The smallest absolute Gasteiger partial charge is 0.315 e. The van der Waals surface area contributed by atoms with Gasteiger partial charge in [-0.2, -0.15) is 0 Å². The molecule has 1 aromatic rings. The van der Waals surface area contributed by atoms with E-state index >= 15 is 0 Å². The van der Waals surface area contributed by atoms with Crippen LogP contribution in [0.4, 0.5) is 10.5 Å². The minimum atomic E-state index is -0.727. The van der Waals surface area contributed by atoms with Gasteiger partial charge in [0.1, 0.15) is 0 Å². The topological polar surface area (TPSA) is 81.7 Å². The number of carboxylic acid groups (broad SMARTS) is 1. The van der Waals surface area contributed by atoms with Gasteiger partial charge in [-0.25, -0.2) is 4.79 Å². The van der Waals surface area contributed by atoms with Crippen molar-refractivity contribution in [3.8, 4) is 0 Å². The lowest BCUT2D eigenvalue weighted by atomic mass is 9.86. The molecule has 3 N–H and O–H groups in total. The molecule has 2 fully saturated rings. The summed E-state index contributed by atoms with van der Waals surface area (Å²) in [6.45, 7) is 1.67. The molecule has 1 saturated heterocycles. The van der Waals surface area contributed by atoms with Gasteiger partial charge in [0, 0.05) is 25.2 Å². The lowest BCUT2D eigenvalue weighted by Gasteiger charge is -2.35. The number of para-hydroxylation sites is 1. The highest BCUT2D eigenvalue weighted by Gasteiger charge is 2.28. The molecule has 26 heavy (non-hydrogen) atoms. The summed E-state index contributed by atoms with van der Waals surface area (Å²) in [5, 5.41) is 15.8. The maximum Gasteiger partial charge on any atom is 0.315 e. The van der Waals surface area contributed by atoms with Crippen LogP contribution in [-0.4, -0.2) is 42.3 Å². The van der Waals surface area contributed by atoms with Crippen molar-refractivity contribution in [2.45, 2.75) is 50.6 Å². The minimum absolute atomic E-state index is 0.0638. The molecule has 1 atom stereocenters. The van der Waals surface area contributed by atoms with Gasteiger partial charge >= 0.3 is 12.0 Å². The fraction of sp³-hybridized carbons (Fsp3) is 0.579. The third-order valence-corrected chi connectivity index (χ3v) is 5.68. The molecule has 6 nitrogen and oxygen atoms in total. The summed E-state index contributed by atoms with van der Waals surface area (Å²) in [7, 11) is 0. The Kier molecular flexibility index (Phi) is 6.25. The van der Waals surface area contributed by atoms with Crippen LogP contribution in [0.1, 0.15) is 38.5 Å². The molecular formula is C19H26ClN3O3. The Morgan fingerprint density at radius 3 is 2.42 bits per heavy atom. The summed E-state index contributed by atoms with van der Waals surface area (Å²) in [4.78, 5) is 25.5. The molecule has 0 aromatic heterocycles. The third-order valence-electron chi connectivity index (χ3n) is 5.36. The molecule has 1 aliphatic heterocycles. The second-order valence-electron chi connectivity index (χ2n) is 7.24. The number of amides is 2. The van der Waals surface area contributed by atoms with E-state index in [1.165, 1.54) is 0 Å². The van der Waals surface area contributed by atoms with Crippen LogP contribution in [0.3, 0.4) is 0 Å². The van der Waals surface area contributed by atoms with Crippen LogP contribution in [0.25, 0.3) is 0 Å². The Morgan fingerprint density at radius 1 is 1.04 bits per heavy atom. The lowest BCUT2D eigenvalue weighted by Crippen LogP contribution is -2.52. The number of aliphatic carboxylic acids is 1. The average molecular weight is 380 g/mol. The number of anilines is 1. The fourth-order valence-electron chi connectivity index (χ4n) is 3.92. The molecule has 0 spiro atoms. The number of nitrogens with one attached hydrogen (secondary N) is 2. The van der Waals surface area contributed by atoms with Crippen molar-refractivity contribution in [3.05, 3.63) is 29.3 Å². The lowest BCUT2D eigenvalue weighted by molar-refractivity contribution is -0.142. The predicted molar refractivity (Wildman–Crippen MR) is 102 cm³/mol. The number of urea groups is 1. The summed E-state index contributed by atoms with van der Waals surface area (Å²) < 4.78 is 0. The summed E-state index contributed by atoms with van der Waals surface area (Å²) >= 11 is 6.29. The van der Waals surface area contributed by atoms with Crippen LogP contribution < -0.4 is 15.5 Å². The van der Waals surface area contributed by atoms with Gasteiger partial charge in [0.25, 0.3) is 0 Å². The van der Waals surface area contributed by atoms with Crippen molar-refractivity contribution < 1.29 is 14.7 Å². The number of nitrogens with zero attached hydrogens (tertiary/aromatic N) is 1. The van der Waals surface area contributed by atoms with Crippen LogP contribution >= 0.6 is 11.6 Å². The molecule has 2 aliphatic rings. The van der Waals surface area contributed by atoms with Gasteiger partial charge in [-0.15, -0.1) is 0 Å². The summed E-state index contributed by atoms with van der Waals surface area (Å²) in [5.41, 5.74) is 1.01. The Balaban J connectivity index is 1.47. The monoisotopic (exact) mass is 379 g/mol. The molecule has 1 unspecified atom stereocenters. The number of benzene rings is 1. The van der Waals surface area contributed by atoms with E-state index in [0.29, 0.717) is 12.8 Å². The van der Waals surface area contributed by atoms with E-state index in [-0.39, 0.29) is 24.0 Å².